The highest BCUT2D eigenvalue weighted by atomic mass is 16.6. The van der Waals surface area contributed by atoms with Gasteiger partial charge in [-0.25, -0.2) is 14.4 Å². The summed E-state index contributed by atoms with van der Waals surface area (Å²) in [5.41, 5.74) is 0.998. The van der Waals surface area contributed by atoms with E-state index in [1.165, 1.54) is 36.4 Å². The summed E-state index contributed by atoms with van der Waals surface area (Å²) in [5, 5.41) is 0. The molecule has 0 N–H and O–H groups in total. The summed E-state index contributed by atoms with van der Waals surface area (Å²) in [6.45, 7) is 0.0519. The SMILES string of the molecule is O=C(C(=O)c1ccc2c(c1)C(=O)OC2=O)c1ccc2c(c1)COC2=O. The van der Waals surface area contributed by atoms with Crippen molar-refractivity contribution in [3.05, 3.63) is 69.8 Å². The molecule has 2 heterocycles. The minimum absolute atomic E-state index is 0.0248. The van der Waals surface area contributed by atoms with E-state index in [0.717, 1.165) is 0 Å². The highest BCUT2D eigenvalue weighted by Crippen LogP contribution is 2.24. The Labute approximate surface area is 140 Å². The number of carbonyl (C=O) groups is 5. The Kier molecular flexibility index (Phi) is 3.11. The van der Waals surface area contributed by atoms with Crippen molar-refractivity contribution in [2.75, 3.05) is 0 Å². The Morgan fingerprint density at radius 1 is 0.720 bits per heavy atom. The van der Waals surface area contributed by atoms with E-state index in [2.05, 4.69) is 4.74 Å². The lowest BCUT2D eigenvalue weighted by molar-refractivity contribution is 0.0442. The van der Waals surface area contributed by atoms with Gasteiger partial charge in [0.25, 0.3) is 0 Å². The van der Waals surface area contributed by atoms with Crippen LogP contribution in [-0.2, 0) is 16.1 Å². The van der Waals surface area contributed by atoms with E-state index in [1.807, 2.05) is 0 Å². The van der Waals surface area contributed by atoms with Gasteiger partial charge >= 0.3 is 17.9 Å². The first-order valence-electron chi connectivity index (χ1n) is 7.25. The van der Waals surface area contributed by atoms with E-state index in [0.29, 0.717) is 11.1 Å². The molecule has 4 rings (SSSR count). The first-order valence-corrected chi connectivity index (χ1v) is 7.25. The van der Waals surface area contributed by atoms with Crippen molar-refractivity contribution in [1.29, 1.82) is 0 Å². The first kappa shape index (κ1) is 14.9. The minimum Gasteiger partial charge on any atom is -0.457 e. The number of rotatable bonds is 3. The molecule has 0 saturated heterocycles. The molecule has 2 aliphatic heterocycles. The van der Waals surface area contributed by atoms with Gasteiger partial charge in [0.2, 0.25) is 11.6 Å². The number of ketones is 2. The average Bonchev–Trinajstić information content (AvgIpc) is 3.13. The molecule has 2 aliphatic rings. The predicted molar refractivity (Wildman–Crippen MR) is 80.4 cm³/mol. The molecule has 0 aromatic heterocycles. The maximum atomic E-state index is 12.4. The second-order valence-electron chi connectivity index (χ2n) is 5.54. The molecule has 0 unspecified atom stereocenters. The Bertz CT molecular complexity index is 1020. The van der Waals surface area contributed by atoms with Crippen LogP contribution in [0.5, 0.6) is 0 Å². The van der Waals surface area contributed by atoms with Crippen molar-refractivity contribution in [1.82, 2.24) is 0 Å². The summed E-state index contributed by atoms with van der Waals surface area (Å²) < 4.78 is 9.31. The molecule has 0 amide bonds. The number of hydrogen-bond acceptors (Lipinski definition) is 7. The Hall–Kier alpha value is -3.61. The second kappa shape index (κ2) is 5.20. The quantitative estimate of drug-likeness (QED) is 0.364. The normalized spacial score (nSPS) is 14.6. The van der Waals surface area contributed by atoms with Gasteiger partial charge < -0.3 is 9.47 Å². The van der Waals surface area contributed by atoms with Gasteiger partial charge in [-0.2, -0.15) is 0 Å². The Morgan fingerprint density at radius 2 is 1.32 bits per heavy atom. The number of esters is 3. The van der Waals surface area contributed by atoms with Crippen LogP contribution in [0.25, 0.3) is 0 Å². The van der Waals surface area contributed by atoms with Crippen LogP contribution in [-0.4, -0.2) is 29.5 Å². The zero-order valence-corrected chi connectivity index (χ0v) is 12.5. The predicted octanol–water partition coefficient (Wildman–Crippen LogP) is 1.73. The lowest BCUT2D eigenvalue weighted by atomic mass is 9.96. The number of fused-ring (bicyclic) bond motifs is 2. The zero-order chi connectivity index (χ0) is 17.7. The van der Waals surface area contributed by atoms with Gasteiger partial charge in [0.05, 0.1) is 16.7 Å². The summed E-state index contributed by atoms with van der Waals surface area (Å²) in [6, 6.07) is 7.98. The van der Waals surface area contributed by atoms with Crippen molar-refractivity contribution >= 4 is 29.5 Å². The molecule has 0 spiro atoms. The van der Waals surface area contributed by atoms with Crippen LogP contribution in [0.15, 0.2) is 36.4 Å². The fraction of sp³-hybridized carbons (Fsp3) is 0.0556. The smallest absolute Gasteiger partial charge is 0.346 e. The largest absolute Gasteiger partial charge is 0.457 e. The number of carbonyl (C=O) groups excluding carboxylic acids is 5. The van der Waals surface area contributed by atoms with Crippen LogP contribution in [0.3, 0.4) is 0 Å². The summed E-state index contributed by atoms with van der Waals surface area (Å²) in [7, 11) is 0. The maximum absolute atomic E-state index is 12.4. The summed E-state index contributed by atoms with van der Waals surface area (Å²) in [5.74, 6) is -3.73. The van der Waals surface area contributed by atoms with E-state index in [1.54, 1.807) is 0 Å². The molecular weight excluding hydrogens is 328 g/mol. The molecule has 0 fully saturated rings. The van der Waals surface area contributed by atoms with Crippen LogP contribution < -0.4 is 0 Å². The Morgan fingerprint density at radius 3 is 2.04 bits per heavy atom. The fourth-order valence-electron chi connectivity index (χ4n) is 2.76. The third-order valence-electron chi connectivity index (χ3n) is 4.06. The molecule has 0 radical (unpaired) electrons. The third kappa shape index (κ3) is 2.25. The number of ether oxygens (including phenoxy) is 2. The van der Waals surface area contributed by atoms with Crippen LogP contribution >= 0.6 is 0 Å². The molecule has 0 aliphatic carbocycles. The molecule has 0 saturated carbocycles. The molecule has 2 aromatic rings. The molecule has 0 atom stereocenters. The molecule has 0 bridgehead atoms. The molecule has 7 heteroatoms. The van der Waals surface area contributed by atoms with Crippen molar-refractivity contribution in [3.63, 3.8) is 0 Å². The van der Waals surface area contributed by atoms with Crippen molar-refractivity contribution < 1.29 is 33.4 Å². The van der Waals surface area contributed by atoms with Gasteiger partial charge in [0.1, 0.15) is 6.61 Å². The van der Waals surface area contributed by atoms with Crippen LogP contribution in [0.1, 0.15) is 57.4 Å². The van der Waals surface area contributed by atoms with Gasteiger partial charge in [-0.05, 0) is 24.3 Å². The van der Waals surface area contributed by atoms with Gasteiger partial charge in [0, 0.05) is 16.7 Å². The third-order valence-corrected chi connectivity index (χ3v) is 4.06. The van der Waals surface area contributed by atoms with E-state index >= 15 is 0 Å². The van der Waals surface area contributed by atoms with E-state index in [-0.39, 0.29) is 28.9 Å². The van der Waals surface area contributed by atoms with Crippen molar-refractivity contribution in [2.24, 2.45) is 0 Å². The first-order chi connectivity index (χ1) is 12.0. The monoisotopic (exact) mass is 336 g/mol. The van der Waals surface area contributed by atoms with Crippen LogP contribution in [0.2, 0.25) is 0 Å². The van der Waals surface area contributed by atoms with Crippen molar-refractivity contribution in [2.45, 2.75) is 6.61 Å². The topological polar surface area (TPSA) is 104 Å². The van der Waals surface area contributed by atoms with Crippen molar-refractivity contribution in [3.8, 4) is 0 Å². The average molecular weight is 336 g/mol. The Balaban J connectivity index is 1.67. The van der Waals surface area contributed by atoms with E-state index in [9.17, 15) is 24.0 Å². The van der Waals surface area contributed by atoms with Gasteiger partial charge in [-0.1, -0.05) is 12.1 Å². The zero-order valence-electron chi connectivity index (χ0n) is 12.5. The standard InChI is InChI=1S/C18H8O7/c19-14(8-1-3-11-10(5-8)7-24-16(11)21)15(20)9-2-4-12-13(6-9)18(23)25-17(12)22/h1-6H,7H2. The minimum atomic E-state index is -0.852. The van der Waals surface area contributed by atoms with Gasteiger partial charge in [-0.3, -0.25) is 9.59 Å². The van der Waals surface area contributed by atoms with E-state index in [4.69, 9.17) is 4.74 Å². The fourth-order valence-corrected chi connectivity index (χ4v) is 2.76. The van der Waals surface area contributed by atoms with Crippen LogP contribution in [0, 0.1) is 0 Å². The molecule has 122 valence electrons. The van der Waals surface area contributed by atoms with Gasteiger partial charge in [0.15, 0.2) is 0 Å². The van der Waals surface area contributed by atoms with Gasteiger partial charge in [-0.15, -0.1) is 0 Å². The molecular formula is C18H8O7. The maximum Gasteiger partial charge on any atom is 0.346 e. The highest BCUT2D eigenvalue weighted by molar-refractivity contribution is 6.49. The number of hydrogen-bond donors (Lipinski definition) is 0. The van der Waals surface area contributed by atoms with Crippen LogP contribution in [0.4, 0.5) is 0 Å². The number of cyclic esters (lactones) is 3. The number of benzene rings is 2. The lowest BCUT2D eigenvalue weighted by Crippen LogP contribution is -2.15. The van der Waals surface area contributed by atoms with E-state index < -0.39 is 29.5 Å². The molecule has 7 nitrogen and oxygen atoms in total. The summed E-state index contributed by atoms with van der Waals surface area (Å²) in [4.78, 5) is 59.2. The lowest BCUT2D eigenvalue weighted by Gasteiger charge is -2.03. The summed E-state index contributed by atoms with van der Waals surface area (Å²) >= 11 is 0. The number of Topliss-reactive ketones (excluding diaryl/α,β-unsaturated/α-hetero) is 2. The highest BCUT2D eigenvalue weighted by Gasteiger charge is 2.31. The summed E-state index contributed by atoms with van der Waals surface area (Å²) in [6.07, 6.45) is 0. The molecule has 25 heavy (non-hydrogen) atoms. The molecule has 2 aromatic carbocycles. The second-order valence-corrected chi connectivity index (χ2v) is 5.54.